The Hall–Kier alpha value is -1.62. The molecular formula is C10H6ClF2N3. The van der Waals surface area contributed by atoms with Gasteiger partial charge in [0.1, 0.15) is 23.2 Å². The maximum atomic E-state index is 13.4. The van der Waals surface area contributed by atoms with Crippen LogP contribution in [-0.4, -0.2) is 15.2 Å². The Labute approximate surface area is 95.1 Å². The lowest BCUT2D eigenvalue weighted by Crippen LogP contribution is -1.98. The van der Waals surface area contributed by atoms with E-state index < -0.39 is 11.6 Å². The summed E-state index contributed by atoms with van der Waals surface area (Å²) in [5.41, 5.74) is -0.0192. The van der Waals surface area contributed by atoms with Gasteiger partial charge in [0.15, 0.2) is 5.15 Å². The molecule has 1 heterocycles. The second-order valence-corrected chi connectivity index (χ2v) is 3.48. The molecular weight excluding hydrogens is 236 g/mol. The van der Waals surface area contributed by atoms with Crippen molar-refractivity contribution in [3.05, 3.63) is 40.8 Å². The second kappa shape index (κ2) is 4.09. The van der Waals surface area contributed by atoms with E-state index >= 15 is 0 Å². The predicted octanol–water partition coefficient (Wildman–Crippen LogP) is 2.78. The van der Waals surface area contributed by atoms with E-state index in [4.69, 9.17) is 11.6 Å². The smallest absolute Gasteiger partial charge is 0.159 e. The molecule has 1 aromatic carbocycles. The highest BCUT2D eigenvalue weighted by molar-refractivity contribution is 6.31. The largest absolute Gasteiger partial charge is 0.217 e. The van der Waals surface area contributed by atoms with Crippen LogP contribution in [0.25, 0.3) is 11.3 Å². The summed E-state index contributed by atoms with van der Waals surface area (Å²) in [4.78, 5) is 3.82. The number of rotatable bonds is 1. The van der Waals surface area contributed by atoms with Gasteiger partial charge in [0, 0.05) is 5.56 Å². The molecule has 6 heteroatoms. The predicted molar refractivity (Wildman–Crippen MR) is 54.9 cm³/mol. The Bertz CT molecular complexity index is 546. The average Bonchev–Trinajstić information content (AvgIpc) is 2.22. The Morgan fingerprint density at radius 3 is 2.62 bits per heavy atom. The summed E-state index contributed by atoms with van der Waals surface area (Å²) in [5.74, 6) is -0.830. The first-order valence-corrected chi connectivity index (χ1v) is 4.78. The van der Waals surface area contributed by atoms with E-state index in [1.165, 1.54) is 0 Å². The molecule has 0 radical (unpaired) electrons. The summed E-state index contributed by atoms with van der Waals surface area (Å²) in [6.07, 6.45) is 0. The van der Waals surface area contributed by atoms with Crippen molar-refractivity contribution < 1.29 is 8.78 Å². The van der Waals surface area contributed by atoms with Gasteiger partial charge in [-0.3, -0.25) is 0 Å². The van der Waals surface area contributed by atoms with Crippen LogP contribution >= 0.6 is 11.6 Å². The van der Waals surface area contributed by atoms with Gasteiger partial charge >= 0.3 is 0 Å². The fraction of sp³-hybridized carbons (Fsp3) is 0.100. The SMILES string of the molecule is Cc1nnc(-c2cc(F)ccc2F)c(Cl)n1. The third-order valence-electron chi connectivity index (χ3n) is 1.93. The van der Waals surface area contributed by atoms with Crippen LogP contribution in [-0.2, 0) is 0 Å². The van der Waals surface area contributed by atoms with E-state index in [2.05, 4.69) is 15.2 Å². The van der Waals surface area contributed by atoms with Crippen molar-refractivity contribution >= 4 is 11.6 Å². The maximum Gasteiger partial charge on any atom is 0.159 e. The monoisotopic (exact) mass is 241 g/mol. The molecule has 0 saturated carbocycles. The third kappa shape index (κ3) is 1.99. The first-order chi connectivity index (χ1) is 7.58. The number of aromatic nitrogens is 3. The molecule has 0 aliphatic carbocycles. The first kappa shape index (κ1) is 10.9. The molecule has 0 aliphatic rings. The molecule has 3 nitrogen and oxygen atoms in total. The summed E-state index contributed by atoms with van der Waals surface area (Å²) in [6, 6.07) is 3.02. The van der Waals surface area contributed by atoms with Crippen molar-refractivity contribution in [3.8, 4) is 11.3 Å². The number of benzene rings is 1. The highest BCUT2D eigenvalue weighted by Crippen LogP contribution is 2.26. The van der Waals surface area contributed by atoms with Crippen molar-refractivity contribution in [2.75, 3.05) is 0 Å². The van der Waals surface area contributed by atoms with E-state index in [1.54, 1.807) is 6.92 Å². The minimum atomic E-state index is -0.622. The molecule has 0 aliphatic heterocycles. The molecule has 0 bridgehead atoms. The van der Waals surface area contributed by atoms with Gasteiger partial charge in [0.25, 0.3) is 0 Å². The molecule has 82 valence electrons. The van der Waals surface area contributed by atoms with Gasteiger partial charge < -0.3 is 0 Å². The standard InChI is InChI=1S/C10H6ClF2N3/c1-5-14-10(11)9(16-15-5)7-4-6(12)2-3-8(7)13/h2-4H,1H3. The maximum absolute atomic E-state index is 13.4. The van der Waals surface area contributed by atoms with E-state index in [1.807, 2.05) is 0 Å². The van der Waals surface area contributed by atoms with Gasteiger partial charge in [-0.15, -0.1) is 10.2 Å². The topological polar surface area (TPSA) is 38.7 Å². The highest BCUT2D eigenvalue weighted by atomic mass is 35.5. The molecule has 0 saturated heterocycles. The van der Waals surface area contributed by atoms with Crippen LogP contribution < -0.4 is 0 Å². The minimum absolute atomic E-state index is 0.00278. The van der Waals surface area contributed by atoms with Crippen molar-refractivity contribution in [2.24, 2.45) is 0 Å². The molecule has 2 aromatic rings. The number of nitrogens with zero attached hydrogens (tertiary/aromatic N) is 3. The quantitative estimate of drug-likeness (QED) is 0.771. The summed E-state index contributed by atoms with van der Waals surface area (Å²) in [6.45, 7) is 1.60. The van der Waals surface area contributed by atoms with Crippen LogP contribution in [0.4, 0.5) is 8.78 Å². The normalized spacial score (nSPS) is 10.5. The van der Waals surface area contributed by atoms with Gasteiger partial charge in [0.05, 0.1) is 0 Å². The molecule has 0 atom stereocenters. The van der Waals surface area contributed by atoms with Crippen LogP contribution in [0.5, 0.6) is 0 Å². The average molecular weight is 242 g/mol. The number of hydrogen-bond donors (Lipinski definition) is 0. The Morgan fingerprint density at radius 2 is 1.94 bits per heavy atom. The van der Waals surface area contributed by atoms with Crippen molar-refractivity contribution in [3.63, 3.8) is 0 Å². The molecule has 0 fully saturated rings. The van der Waals surface area contributed by atoms with Gasteiger partial charge in [-0.2, -0.15) is 0 Å². The van der Waals surface area contributed by atoms with Crippen LogP contribution in [0.3, 0.4) is 0 Å². The summed E-state index contributed by atoms with van der Waals surface area (Å²) in [7, 11) is 0. The van der Waals surface area contributed by atoms with Crippen LogP contribution in [0, 0.1) is 18.6 Å². The fourth-order valence-corrected chi connectivity index (χ4v) is 1.49. The first-order valence-electron chi connectivity index (χ1n) is 4.40. The molecule has 0 spiro atoms. The summed E-state index contributed by atoms with van der Waals surface area (Å²) >= 11 is 5.79. The number of hydrogen-bond acceptors (Lipinski definition) is 3. The molecule has 0 N–H and O–H groups in total. The molecule has 0 unspecified atom stereocenters. The highest BCUT2D eigenvalue weighted by Gasteiger charge is 2.13. The van der Waals surface area contributed by atoms with Crippen molar-refractivity contribution in [1.82, 2.24) is 15.2 Å². The fourth-order valence-electron chi connectivity index (χ4n) is 1.22. The summed E-state index contributed by atoms with van der Waals surface area (Å²) in [5, 5.41) is 7.35. The number of halogens is 3. The Balaban J connectivity index is 2.62. The lowest BCUT2D eigenvalue weighted by Gasteiger charge is -2.03. The van der Waals surface area contributed by atoms with Crippen molar-refractivity contribution in [1.29, 1.82) is 0 Å². The lowest BCUT2D eigenvalue weighted by molar-refractivity contribution is 0.602. The van der Waals surface area contributed by atoms with Crippen molar-refractivity contribution in [2.45, 2.75) is 6.92 Å². The zero-order valence-corrected chi connectivity index (χ0v) is 8.96. The second-order valence-electron chi connectivity index (χ2n) is 3.12. The third-order valence-corrected chi connectivity index (χ3v) is 2.20. The van der Waals surface area contributed by atoms with Gasteiger partial charge in [-0.05, 0) is 25.1 Å². The molecule has 2 rings (SSSR count). The van der Waals surface area contributed by atoms with E-state index in [0.717, 1.165) is 18.2 Å². The van der Waals surface area contributed by atoms with E-state index in [0.29, 0.717) is 5.82 Å². The number of aryl methyl sites for hydroxylation is 1. The lowest BCUT2D eigenvalue weighted by atomic mass is 10.1. The minimum Gasteiger partial charge on any atom is -0.217 e. The zero-order chi connectivity index (χ0) is 11.7. The summed E-state index contributed by atoms with van der Waals surface area (Å²) < 4.78 is 26.4. The Morgan fingerprint density at radius 1 is 1.19 bits per heavy atom. The van der Waals surface area contributed by atoms with E-state index in [-0.39, 0.29) is 16.4 Å². The molecule has 16 heavy (non-hydrogen) atoms. The van der Waals surface area contributed by atoms with Gasteiger partial charge in [0.2, 0.25) is 0 Å². The van der Waals surface area contributed by atoms with Crippen LogP contribution in [0.2, 0.25) is 5.15 Å². The molecule has 1 aromatic heterocycles. The van der Waals surface area contributed by atoms with Crippen LogP contribution in [0.15, 0.2) is 18.2 Å². The van der Waals surface area contributed by atoms with E-state index in [9.17, 15) is 8.78 Å². The van der Waals surface area contributed by atoms with Gasteiger partial charge in [-0.1, -0.05) is 11.6 Å². The Kier molecular flexibility index (Phi) is 2.78. The van der Waals surface area contributed by atoms with Gasteiger partial charge in [-0.25, -0.2) is 13.8 Å². The zero-order valence-electron chi connectivity index (χ0n) is 8.21. The van der Waals surface area contributed by atoms with Crippen LogP contribution in [0.1, 0.15) is 5.82 Å². The molecule has 0 amide bonds.